The van der Waals surface area contributed by atoms with Crippen molar-refractivity contribution in [2.24, 2.45) is 0 Å². The molecule has 0 saturated carbocycles. The van der Waals surface area contributed by atoms with Gasteiger partial charge in [0.05, 0.1) is 6.54 Å². The van der Waals surface area contributed by atoms with Crippen molar-refractivity contribution in [1.29, 1.82) is 0 Å². The monoisotopic (exact) mass is 443 g/mol. The lowest BCUT2D eigenvalue weighted by atomic mass is 10.0. The van der Waals surface area contributed by atoms with Crippen molar-refractivity contribution < 1.29 is 13.9 Å². The molecule has 1 aromatic heterocycles. The largest absolute Gasteiger partial charge is 0.489 e. The lowest BCUT2D eigenvalue weighted by molar-refractivity contribution is 0.102. The van der Waals surface area contributed by atoms with Gasteiger partial charge in [0.15, 0.2) is 5.82 Å². The topological polar surface area (TPSA) is 56.1 Å². The fourth-order valence-corrected chi connectivity index (χ4v) is 3.45. The Kier molecular flexibility index (Phi) is 6.83. The van der Waals surface area contributed by atoms with Crippen LogP contribution in [-0.2, 0) is 13.2 Å². The lowest BCUT2D eigenvalue weighted by Gasteiger charge is -2.10. The Labute approximate surface area is 192 Å². The van der Waals surface area contributed by atoms with Crippen molar-refractivity contribution in [1.82, 2.24) is 9.78 Å². The minimum absolute atomic E-state index is 0.255. The molecule has 0 spiro atoms. The number of carbonyl (C=O) groups excluding carboxylic acids is 1. The van der Waals surface area contributed by atoms with Gasteiger partial charge >= 0.3 is 0 Å². The summed E-state index contributed by atoms with van der Waals surface area (Å²) in [5, 5.41) is 7.16. The van der Waals surface area contributed by atoms with Crippen molar-refractivity contribution in [3.8, 4) is 5.75 Å². The quantitative estimate of drug-likeness (QED) is 0.362. The van der Waals surface area contributed by atoms with Crippen LogP contribution in [0.25, 0.3) is 0 Å². The second kappa shape index (κ2) is 10.1. The van der Waals surface area contributed by atoms with Crippen LogP contribution in [0.2, 0.25) is 0 Å². The van der Waals surface area contributed by atoms with E-state index in [2.05, 4.69) is 36.4 Å². The summed E-state index contributed by atoms with van der Waals surface area (Å²) in [6.07, 6.45) is 1.75. The number of nitrogens with one attached hydrogen (secondary N) is 1. The second-order valence-electron chi connectivity index (χ2n) is 8.20. The first-order chi connectivity index (χ1) is 16.0. The standard InChI is InChI=1S/C27H26FN3O2/c1-19(2)22-9-11-25(12-10-22)33-18-21-6-3-7-23(15-21)27(32)29-26-13-14-31(30-26)17-20-5-4-8-24(28)16-20/h3-16,19H,17-18H2,1-2H3,(H,29,30,32). The molecule has 0 fully saturated rings. The zero-order valence-electron chi connectivity index (χ0n) is 18.7. The molecule has 0 bridgehead atoms. The average Bonchev–Trinajstić information content (AvgIpc) is 3.24. The number of amides is 1. The highest BCUT2D eigenvalue weighted by atomic mass is 19.1. The van der Waals surface area contributed by atoms with E-state index in [-0.39, 0.29) is 11.7 Å². The van der Waals surface area contributed by atoms with Crippen molar-refractivity contribution in [2.75, 3.05) is 5.32 Å². The number of aromatic nitrogens is 2. The van der Waals surface area contributed by atoms with E-state index in [0.717, 1.165) is 16.9 Å². The highest BCUT2D eigenvalue weighted by molar-refractivity contribution is 6.03. The van der Waals surface area contributed by atoms with Gasteiger partial charge in [0.2, 0.25) is 0 Å². The van der Waals surface area contributed by atoms with Crippen LogP contribution in [0.4, 0.5) is 10.2 Å². The second-order valence-corrected chi connectivity index (χ2v) is 8.20. The molecule has 6 heteroatoms. The smallest absolute Gasteiger partial charge is 0.256 e. The van der Waals surface area contributed by atoms with Crippen molar-refractivity contribution in [3.05, 3.63) is 113 Å². The number of carbonyl (C=O) groups is 1. The Balaban J connectivity index is 1.35. The number of benzene rings is 3. The molecule has 0 aliphatic heterocycles. The van der Waals surface area contributed by atoms with Gasteiger partial charge in [-0.2, -0.15) is 5.10 Å². The zero-order valence-corrected chi connectivity index (χ0v) is 18.7. The van der Waals surface area contributed by atoms with Crippen LogP contribution in [0.1, 0.15) is 46.8 Å². The lowest BCUT2D eigenvalue weighted by Crippen LogP contribution is -2.13. The van der Waals surface area contributed by atoms with E-state index in [0.29, 0.717) is 30.5 Å². The summed E-state index contributed by atoms with van der Waals surface area (Å²) in [6.45, 7) is 5.09. The van der Waals surface area contributed by atoms with Crippen LogP contribution in [0.15, 0.2) is 85.1 Å². The Morgan fingerprint density at radius 2 is 1.76 bits per heavy atom. The Morgan fingerprint density at radius 3 is 2.52 bits per heavy atom. The maximum Gasteiger partial charge on any atom is 0.256 e. The van der Waals surface area contributed by atoms with Gasteiger partial charge in [-0.25, -0.2) is 4.39 Å². The first-order valence-electron chi connectivity index (χ1n) is 10.9. The van der Waals surface area contributed by atoms with E-state index in [1.165, 1.54) is 17.7 Å². The van der Waals surface area contributed by atoms with Crippen LogP contribution < -0.4 is 10.1 Å². The number of hydrogen-bond donors (Lipinski definition) is 1. The molecule has 0 radical (unpaired) electrons. The van der Waals surface area contributed by atoms with Gasteiger partial charge in [-0.15, -0.1) is 0 Å². The molecule has 1 N–H and O–H groups in total. The molecule has 0 aliphatic rings. The highest BCUT2D eigenvalue weighted by Gasteiger charge is 2.10. The van der Waals surface area contributed by atoms with Crippen molar-refractivity contribution in [2.45, 2.75) is 32.9 Å². The number of halogens is 1. The number of nitrogens with zero attached hydrogens (tertiary/aromatic N) is 2. The van der Waals surface area contributed by atoms with Crippen LogP contribution in [0, 0.1) is 5.82 Å². The fourth-order valence-electron chi connectivity index (χ4n) is 3.45. The Hall–Kier alpha value is -3.93. The minimum atomic E-state index is -0.287. The summed E-state index contributed by atoms with van der Waals surface area (Å²) in [6, 6.07) is 23.4. The van der Waals surface area contributed by atoms with Crippen LogP contribution in [0.3, 0.4) is 0 Å². The summed E-state index contributed by atoms with van der Waals surface area (Å²) >= 11 is 0. The van der Waals surface area contributed by atoms with Gasteiger partial charge in [0.25, 0.3) is 5.91 Å². The summed E-state index contributed by atoms with van der Waals surface area (Å²) in [7, 11) is 0. The molecule has 3 aromatic carbocycles. The van der Waals surface area contributed by atoms with Crippen LogP contribution >= 0.6 is 0 Å². The number of anilines is 1. The van der Waals surface area contributed by atoms with Gasteiger partial charge in [-0.1, -0.05) is 50.2 Å². The SMILES string of the molecule is CC(C)c1ccc(OCc2cccc(C(=O)Nc3ccn(Cc4cccc(F)c4)n3)c2)cc1. The summed E-state index contributed by atoms with van der Waals surface area (Å²) in [5.41, 5.74) is 3.47. The Bertz CT molecular complexity index is 1230. The molecule has 0 aliphatic carbocycles. The number of rotatable bonds is 8. The Morgan fingerprint density at radius 1 is 1.00 bits per heavy atom. The van der Waals surface area contributed by atoms with Gasteiger partial charge in [0.1, 0.15) is 18.2 Å². The fraction of sp³-hybridized carbons (Fsp3) is 0.185. The van der Waals surface area contributed by atoms with Gasteiger partial charge in [-0.05, 0) is 59.0 Å². The maximum absolute atomic E-state index is 13.4. The van der Waals surface area contributed by atoms with Crippen LogP contribution in [-0.4, -0.2) is 15.7 Å². The zero-order chi connectivity index (χ0) is 23.2. The van der Waals surface area contributed by atoms with E-state index >= 15 is 0 Å². The number of hydrogen-bond acceptors (Lipinski definition) is 3. The third kappa shape index (κ3) is 6.07. The molecule has 0 atom stereocenters. The molecule has 0 saturated heterocycles. The van der Waals surface area contributed by atoms with E-state index in [4.69, 9.17) is 4.74 Å². The summed E-state index contributed by atoms with van der Waals surface area (Å²) in [5.74, 6) is 1.15. The van der Waals surface area contributed by atoms with E-state index in [1.54, 1.807) is 29.1 Å². The molecule has 4 aromatic rings. The third-order valence-electron chi connectivity index (χ3n) is 5.26. The molecular formula is C27H26FN3O2. The van der Waals surface area contributed by atoms with Crippen LogP contribution in [0.5, 0.6) is 5.75 Å². The average molecular weight is 444 g/mol. The third-order valence-corrected chi connectivity index (χ3v) is 5.26. The van der Waals surface area contributed by atoms with Crippen molar-refractivity contribution >= 4 is 11.7 Å². The first kappa shape index (κ1) is 22.3. The first-order valence-corrected chi connectivity index (χ1v) is 10.9. The molecule has 33 heavy (non-hydrogen) atoms. The predicted octanol–water partition coefficient (Wildman–Crippen LogP) is 6.03. The minimum Gasteiger partial charge on any atom is -0.489 e. The summed E-state index contributed by atoms with van der Waals surface area (Å²) < 4.78 is 20.9. The molecule has 1 heterocycles. The summed E-state index contributed by atoms with van der Waals surface area (Å²) in [4.78, 5) is 12.7. The van der Waals surface area contributed by atoms with E-state index < -0.39 is 0 Å². The van der Waals surface area contributed by atoms with Gasteiger partial charge in [0, 0.05) is 17.8 Å². The molecule has 1 amide bonds. The van der Waals surface area contributed by atoms with Gasteiger partial charge in [-0.3, -0.25) is 9.48 Å². The number of ether oxygens (including phenoxy) is 1. The molecular weight excluding hydrogens is 417 g/mol. The molecule has 5 nitrogen and oxygen atoms in total. The van der Waals surface area contributed by atoms with E-state index in [9.17, 15) is 9.18 Å². The normalized spacial score (nSPS) is 10.9. The van der Waals surface area contributed by atoms with Crippen molar-refractivity contribution in [3.63, 3.8) is 0 Å². The molecule has 0 unspecified atom stereocenters. The highest BCUT2D eigenvalue weighted by Crippen LogP contribution is 2.20. The molecule has 4 rings (SSSR count). The predicted molar refractivity (Wildman–Crippen MR) is 127 cm³/mol. The van der Waals surface area contributed by atoms with E-state index in [1.807, 2.05) is 36.4 Å². The maximum atomic E-state index is 13.4. The van der Waals surface area contributed by atoms with Gasteiger partial charge < -0.3 is 10.1 Å². The molecule has 168 valence electrons.